The third-order valence-corrected chi connectivity index (χ3v) is 3.93. The predicted molar refractivity (Wildman–Crippen MR) is 57.9 cm³/mol. The summed E-state index contributed by atoms with van der Waals surface area (Å²) in [7, 11) is 0. The number of nitrogens with zero attached hydrogens (tertiary/aromatic N) is 1. The number of fused-ring (bicyclic) bond motifs is 1. The Bertz CT molecular complexity index is 323. The fourth-order valence-corrected chi connectivity index (χ4v) is 2.09. The van der Waals surface area contributed by atoms with Gasteiger partial charge >= 0.3 is 0 Å². The lowest BCUT2D eigenvalue weighted by Gasteiger charge is -2.27. The third kappa shape index (κ3) is 1.31. The number of hydrogen-bond acceptors (Lipinski definition) is 1. The van der Waals surface area contributed by atoms with E-state index in [1.165, 1.54) is 5.70 Å². The molecule has 0 aromatic heterocycles. The first kappa shape index (κ1) is 8.32. The summed E-state index contributed by atoms with van der Waals surface area (Å²) in [5.41, 5.74) is 1.21. The van der Waals surface area contributed by atoms with Crippen molar-refractivity contribution in [1.82, 2.24) is 4.90 Å². The maximum Gasteiger partial charge on any atom is 0.0564 e. The third-order valence-electron chi connectivity index (χ3n) is 1.84. The van der Waals surface area contributed by atoms with Crippen LogP contribution < -0.4 is 0 Å². The van der Waals surface area contributed by atoms with Crippen LogP contribution >= 0.6 is 31.9 Å². The van der Waals surface area contributed by atoms with E-state index in [1.807, 2.05) is 12.2 Å². The molecule has 2 rings (SSSR count). The van der Waals surface area contributed by atoms with Crippen LogP contribution in [0.4, 0.5) is 0 Å². The number of allylic oxidation sites excluding steroid dienone is 5. The van der Waals surface area contributed by atoms with Gasteiger partial charge in [-0.2, -0.15) is 0 Å². The highest BCUT2D eigenvalue weighted by molar-refractivity contribution is 9.15. The Balaban J connectivity index is 2.45. The van der Waals surface area contributed by atoms with Crippen molar-refractivity contribution in [1.29, 1.82) is 0 Å². The van der Waals surface area contributed by atoms with Crippen LogP contribution in [0.2, 0.25) is 0 Å². The Kier molecular flexibility index (Phi) is 2.24. The fourth-order valence-electron chi connectivity index (χ4n) is 1.23. The van der Waals surface area contributed by atoms with Crippen LogP contribution in [-0.4, -0.2) is 11.4 Å². The van der Waals surface area contributed by atoms with Gasteiger partial charge in [0.15, 0.2) is 0 Å². The second-order valence-corrected chi connectivity index (χ2v) is 4.25. The molecule has 0 unspecified atom stereocenters. The zero-order valence-corrected chi connectivity index (χ0v) is 9.47. The van der Waals surface area contributed by atoms with E-state index in [0.29, 0.717) is 0 Å². The summed E-state index contributed by atoms with van der Waals surface area (Å²) in [5, 5.41) is 0. The summed E-state index contributed by atoms with van der Waals surface area (Å²) in [5.74, 6) is 0. The van der Waals surface area contributed by atoms with Crippen molar-refractivity contribution in [2.24, 2.45) is 0 Å². The van der Waals surface area contributed by atoms with Gasteiger partial charge in [-0.05, 0) is 50.1 Å². The van der Waals surface area contributed by atoms with E-state index >= 15 is 0 Å². The Morgan fingerprint density at radius 2 is 2.08 bits per heavy atom. The summed E-state index contributed by atoms with van der Waals surface area (Å²) < 4.78 is 2.25. The molecule has 2 aliphatic heterocycles. The van der Waals surface area contributed by atoms with E-state index < -0.39 is 0 Å². The topological polar surface area (TPSA) is 3.24 Å². The summed E-state index contributed by atoms with van der Waals surface area (Å²) in [6, 6.07) is 0. The molecule has 0 fully saturated rings. The molecule has 0 aliphatic carbocycles. The highest BCUT2D eigenvalue weighted by atomic mass is 79.9. The van der Waals surface area contributed by atoms with Crippen LogP contribution in [0, 0.1) is 0 Å². The molecular formula is C9H7Br2N. The van der Waals surface area contributed by atoms with Gasteiger partial charge in [0.2, 0.25) is 0 Å². The lowest BCUT2D eigenvalue weighted by Crippen LogP contribution is -2.21. The van der Waals surface area contributed by atoms with Crippen molar-refractivity contribution in [2.45, 2.75) is 0 Å². The molecule has 0 bridgehead atoms. The average Bonchev–Trinajstić information content (AvgIpc) is 2.12. The molecule has 0 atom stereocenters. The summed E-state index contributed by atoms with van der Waals surface area (Å²) in [4.78, 5) is 2.19. The van der Waals surface area contributed by atoms with E-state index in [9.17, 15) is 0 Å². The quantitative estimate of drug-likeness (QED) is 0.661. The second-order valence-electron chi connectivity index (χ2n) is 2.60. The molecule has 0 aromatic carbocycles. The first-order valence-corrected chi connectivity index (χ1v) is 5.25. The Hall–Kier alpha value is -0.280. The Labute approximate surface area is 88.4 Å². The first-order chi connectivity index (χ1) is 5.79. The summed E-state index contributed by atoms with van der Waals surface area (Å²) >= 11 is 7.02. The molecule has 2 heterocycles. The van der Waals surface area contributed by atoms with Crippen molar-refractivity contribution in [3.8, 4) is 0 Å². The van der Waals surface area contributed by atoms with Crippen molar-refractivity contribution in [3.63, 3.8) is 0 Å². The van der Waals surface area contributed by atoms with Crippen molar-refractivity contribution >= 4 is 31.9 Å². The fraction of sp³-hybridized carbons (Fsp3) is 0.111. The molecule has 62 valence electrons. The molecule has 0 N–H and O–H groups in total. The first-order valence-electron chi connectivity index (χ1n) is 3.66. The van der Waals surface area contributed by atoms with Crippen molar-refractivity contribution < 1.29 is 0 Å². The molecule has 0 aromatic rings. The molecule has 0 spiro atoms. The number of rotatable bonds is 0. The standard InChI is InChI=1S/C9H7Br2N/c10-7-4-6-12-5-2-1-3-8(12)9(7)11/h1-5H,6H2. The van der Waals surface area contributed by atoms with Gasteiger partial charge < -0.3 is 4.90 Å². The predicted octanol–water partition coefficient (Wildman–Crippen LogP) is 3.27. The zero-order chi connectivity index (χ0) is 8.55. The van der Waals surface area contributed by atoms with Gasteiger partial charge in [0.05, 0.1) is 10.2 Å². The molecule has 0 amide bonds. The number of hydrogen-bond donors (Lipinski definition) is 0. The minimum Gasteiger partial charge on any atom is -0.343 e. The van der Waals surface area contributed by atoms with Gasteiger partial charge in [-0.15, -0.1) is 0 Å². The van der Waals surface area contributed by atoms with E-state index in [-0.39, 0.29) is 0 Å². The smallest absolute Gasteiger partial charge is 0.0564 e. The largest absolute Gasteiger partial charge is 0.343 e. The molecule has 2 aliphatic rings. The van der Waals surface area contributed by atoms with Crippen LogP contribution in [0.5, 0.6) is 0 Å². The minimum atomic E-state index is 0.936. The van der Waals surface area contributed by atoms with E-state index in [1.54, 1.807) is 0 Å². The molecule has 12 heavy (non-hydrogen) atoms. The monoisotopic (exact) mass is 287 g/mol. The molecule has 1 nitrogen and oxygen atoms in total. The summed E-state index contributed by atoms with van der Waals surface area (Å²) in [6.45, 7) is 0.936. The SMILES string of the molecule is BrC1=CCN2C=CC=CC2=C1Br. The van der Waals surface area contributed by atoms with Gasteiger partial charge in [0, 0.05) is 17.2 Å². The van der Waals surface area contributed by atoms with Gasteiger partial charge in [-0.25, -0.2) is 0 Å². The maximum absolute atomic E-state index is 3.53. The zero-order valence-electron chi connectivity index (χ0n) is 6.30. The van der Waals surface area contributed by atoms with Crippen LogP contribution in [0.15, 0.2) is 45.2 Å². The van der Waals surface area contributed by atoms with Gasteiger partial charge in [0.25, 0.3) is 0 Å². The van der Waals surface area contributed by atoms with Crippen molar-refractivity contribution in [3.05, 3.63) is 45.2 Å². The van der Waals surface area contributed by atoms with Crippen molar-refractivity contribution in [2.75, 3.05) is 6.54 Å². The van der Waals surface area contributed by atoms with E-state index in [2.05, 4.69) is 55.1 Å². The second kappa shape index (κ2) is 3.23. The molecule has 0 radical (unpaired) electrons. The normalized spacial score (nSPS) is 21.2. The van der Waals surface area contributed by atoms with Crippen LogP contribution in [0.25, 0.3) is 0 Å². The molecule has 0 saturated heterocycles. The lowest BCUT2D eigenvalue weighted by atomic mass is 10.2. The van der Waals surface area contributed by atoms with Gasteiger partial charge in [-0.1, -0.05) is 6.08 Å². The average molecular weight is 289 g/mol. The highest BCUT2D eigenvalue weighted by Crippen LogP contribution is 2.33. The molecular weight excluding hydrogens is 282 g/mol. The van der Waals surface area contributed by atoms with E-state index in [0.717, 1.165) is 15.5 Å². The van der Waals surface area contributed by atoms with E-state index in [4.69, 9.17) is 0 Å². The maximum atomic E-state index is 3.53. The van der Waals surface area contributed by atoms with Gasteiger partial charge in [0.1, 0.15) is 0 Å². The number of halogens is 2. The molecule has 3 heteroatoms. The van der Waals surface area contributed by atoms with Crippen LogP contribution in [-0.2, 0) is 0 Å². The highest BCUT2D eigenvalue weighted by Gasteiger charge is 2.16. The Morgan fingerprint density at radius 3 is 2.92 bits per heavy atom. The minimum absolute atomic E-state index is 0.936. The molecule has 0 saturated carbocycles. The summed E-state index contributed by atoms with van der Waals surface area (Å²) in [6.07, 6.45) is 10.4. The Morgan fingerprint density at radius 1 is 1.25 bits per heavy atom. The van der Waals surface area contributed by atoms with Crippen LogP contribution in [0.3, 0.4) is 0 Å². The van der Waals surface area contributed by atoms with Gasteiger partial charge in [-0.3, -0.25) is 0 Å². The van der Waals surface area contributed by atoms with Crippen LogP contribution in [0.1, 0.15) is 0 Å². The lowest BCUT2D eigenvalue weighted by molar-refractivity contribution is 0.522.